The van der Waals surface area contributed by atoms with Crippen LogP contribution in [0.5, 0.6) is 0 Å². The molecule has 1 saturated heterocycles. The van der Waals surface area contributed by atoms with Crippen LogP contribution in [0.2, 0.25) is 0 Å². The summed E-state index contributed by atoms with van der Waals surface area (Å²) in [5.74, 6) is -0.588. The normalized spacial score (nSPS) is 16.0. The lowest BCUT2D eigenvalue weighted by atomic mass is 10.3. The fourth-order valence-corrected chi connectivity index (χ4v) is 0.533. The molecule has 1 fully saturated rings. The second kappa shape index (κ2) is 3.82. The molecule has 1 N–H and O–H groups in total. The van der Waals surface area contributed by atoms with Crippen molar-refractivity contribution < 1.29 is 9.59 Å². The van der Waals surface area contributed by atoms with Crippen LogP contribution in [0.3, 0.4) is 0 Å². The summed E-state index contributed by atoms with van der Waals surface area (Å²) in [5.41, 5.74) is 0.356. The highest BCUT2D eigenvalue weighted by molar-refractivity contribution is 6.12. The fraction of sp³-hybridized carbons (Fsp3) is 0.429. The Morgan fingerprint density at radius 3 is 2.00 bits per heavy atom. The van der Waals surface area contributed by atoms with Gasteiger partial charge in [0.2, 0.25) is 5.91 Å². The van der Waals surface area contributed by atoms with Gasteiger partial charge in [-0.05, 0) is 0 Å². The van der Waals surface area contributed by atoms with Crippen LogP contribution in [0.4, 0.5) is 0 Å². The molecule has 0 aromatic carbocycles. The molecule has 3 nitrogen and oxygen atoms in total. The molecule has 0 aromatic rings. The summed E-state index contributed by atoms with van der Waals surface area (Å²) in [6, 6.07) is 0. The predicted molar refractivity (Wildman–Crippen MR) is 38.3 cm³/mol. The zero-order valence-electron chi connectivity index (χ0n) is 6.23. The maximum atomic E-state index is 10.4. The van der Waals surface area contributed by atoms with Gasteiger partial charge in [-0.25, -0.2) is 0 Å². The fourth-order valence-electron chi connectivity index (χ4n) is 0.533. The Labute approximate surface area is 60.1 Å². The quantitative estimate of drug-likeness (QED) is 0.397. The van der Waals surface area contributed by atoms with E-state index in [4.69, 9.17) is 0 Å². The lowest BCUT2D eigenvalue weighted by Crippen LogP contribution is -2.19. The SMILES string of the molecule is C=C1CC(=O)NC1=O.CC. The molecule has 2 amide bonds. The molecule has 0 atom stereocenters. The maximum absolute atomic E-state index is 10.4. The van der Waals surface area contributed by atoms with Gasteiger partial charge in [0.25, 0.3) is 5.91 Å². The lowest BCUT2D eigenvalue weighted by molar-refractivity contribution is -0.124. The Balaban J connectivity index is 0.000000371. The van der Waals surface area contributed by atoms with Crippen LogP contribution in [0.1, 0.15) is 20.3 Å². The Hall–Kier alpha value is -1.12. The molecule has 3 heteroatoms. The second-order valence-electron chi connectivity index (χ2n) is 1.66. The first-order valence-electron chi connectivity index (χ1n) is 3.22. The summed E-state index contributed by atoms with van der Waals surface area (Å²) < 4.78 is 0. The minimum Gasteiger partial charge on any atom is -0.292 e. The van der Waals surface area contributed by atoms with Crippen molar-refractivity contribution in [3.63, 3.8) is 0 Å². The summed E-state index contributed by atoms with van der Waals surface area (Å²) >= 11 is 0. The van der Waals surface area contributed by atoms with E-state index >= 15 is 0 Å². The second-order valence-corrected chi connectivity index (χ2v) is 1.66. The summed E-state index contributed by atoms with van der Waals surface area (Å²) in [6.45, 7) is 7.35. The van der Waals surface area contributed by atoms with Crippen molar-refractivity contribution in [3.05, 3.63) is 12.2 Å². The Morgan fingerprint density at radius 2 is 1.90 bits per heavy atom. The van der Waals surface area contributed by atoms with E-state index in [9.17, 15) is 9.59 Å². The van der Waals surface area contributed by atoms with E-state index in [-0.39, 0.29) is 18.2 Å². The molecular formula is C7H11NO2. The number of carbonyl (C=O) groups excluding carboxylic acids is 2. The molecule has 1 rings (SSSR count). The van der Waals surface area contributed by atoms with E-state index in [1.807, 2.05) is 13.8 Å². The van der Waals surface area contributed by atoms with E-state index in [0.717, 1.165) is 0 Å². The van der Waals surface area contributed by atoms with Gasteiger partial charge in [-0.2, -0.15) is 0 Å². The van der Waals surface area contributed by atoms with Gasteiger partial charge in [-0.3, -0.25) is 14.9 Å². The predicted octanol–water partition coefficient (Wildman–Crippen LogP) is 0.615. The Kier molecular flexibility index (Phi) is 3.39. The molecule has 10 heavy (non-hydrogen) atoms. The monoisotopic (exact) mass is 141 g/mol. The Bertz CT molecular complexity index is 154. The average molecular weight is 141 g/mol. The van der Waals surface area contributed by atoms with E-state index in [0.29, 0.717) is 5.57 Å². The molecule has 0 spiro atoms. The van der Waals surface area contributed by atoms with Crippen molar-refractivity contribution in [2.75, 3.05) is 0 Å². The molecule has 1 aliphatic rings. The minimum absolute atomic E-state index is 0.166. The lowest BCUT2D eigenvalue weighted by Gasteiger charge is -1.80. The van der Waals surface area contributed by atoms with Crippen LogP contribution >= 0.6 is 0 Å². The molecule has 0 radical (unpaired) electrons. The third-order valence-electron chi connectivity index (χ3n) is 0.948. The number of amides is 2. The van der Waals surface area contributed by atoms with E-state index in [1.165, 1.54) is 0 Å². The van der Waals surface area contributed by atoms with Crippen molar-refractivity contribution in [3.8, 4) is 0 Å². The first-order valence-corrected chi connectivity index (χ1v) is 3.22. The molecule has 0 unspecified atom stereocenters. The molecule has 56 valence electrons. The van der Waals surface area contributed by atoms with Crippen molar-refractivity contribution in [2.45, 2.75) is 20.3 Å². The number of carbonyl (C=O) groups is 2. The number of nitrogens with one attached hydrogen (secondary N) is 1. The summed E-state index contributed by atoms with van der Waals surface area (Å²) in [5, 5.41) is 2.09. The number of hydrogen-bond donors (Lipinski definition) is 1. The Morgan fingerprint density at radius 1 is 1.40 bits per heavy atom. The number of imide groups is 1. The van der Waals surface area contributed by atoms with E-state index in [1.54, 1.807) is 0 Å². The zero-order chi connectivity index (χ0) is 8.15. The van der Waals surface area contributed by atoms with Crippen LogP contribution in [0, 0.1) is 0 Å². The first-order chi connectivity index (χ1) is 4.70. The van der Waals surface area contributed by atoms with E-state index in [2.05, 4.69) is 11.9 Å². The van der Waals surface area contributed by atoms with Crippen LogP contribution in [-0.4, -0.2) is 11.8 Å². The van der Waals surface area contributed by atoms with Crippen molar-refractivity contribution in [1.82, 2.24) is 5.32 Å². The molecule has 0 bridgehead atoms. The summed E-state index contributed by atoms with van der Waals surface area (Å²) in [4.78, 5) is 20.6. The maximum Gasteiger partial charge on any atom is 0.253 e. The third-order valence-corrected chi connectivity index (χ3v) is 0.948. The van der Waals surface area contributed by atoms with Crippen LogP contribution in [0.15, 0.2) is 12.2 Å². The van der Waals surface area contributed by atoms with Gasteiger partial charge in [0.15, 0.2) is 0 Å². The largest absolute Gasteiger partial charge is 0.292 e. The molecule has 0 saturated carbocycles. The number of rotatable bonds is 0. The van der Waals surface area contributed by atoms with Gasteiger partial charge < -0.3 is 0 Å². The van der Waals surface area contributed by atoms with E-state index < -0.39 is 0 Å². The van der Waals surface area contributed by atoms with Gasteiger partial charge >= 0.3 is 0 Å². The third kappa shape index (κ3) is 2.01. The van der Waals surface area contributed by atoms with Gasteiger partial charge in [0.05, 0.1) is 6.42 Å². The molecular weight excluding hydrogens is 130 g/mol. The molecule has 0 aliphatic carbocycles. The minimum atomic E-state index is -0.338. The smallest absolute Gasteiger partial charge is 0.253 e. The van der Waals surface area contributed by atoms with Crippen LogP contribution in [0.25, 0.3) is 0 Å². The molecule has 0 aromatic heterocycles. The highest BCUT2D eigenvalue weighted by Gasteiger charge is 2.20. The summed E-state index contributed by atoms with van der Waals surface area (Å²) in [7, 11) is 0. The molecule has 1 heterocycles. The highest BCUT2D eigenvalue weighted by Crippen LogP contribution is 2.03. The standard InChI is InChI=1S/C5H5NO2.C2H6/c1-3-2-4(7)6-5(3)8;1-2/h1-2H2,(H,6,7,8);1-2H3. The topological polar surface area (TPSA) is 46.2 Å². The van der Waals surface area contributed by atoms with Crippen LogP contribution in [-0.2, 0) is 9.59 Å². The van der Waals surface area contributed by atoms with Gasteiger partial charge in [-0.1, -0.05) is 20.4 Å². The zero-order valence-corrected chi connectivity index (χ0v) is 6.23. The average Bonchev–Trinajstić information content (AvgIpc) is 2.16. The van der Waals surface area contributed by atoms with Gasteiger partial charge in [0, 0.05) is 5.57 Å². The van der Waals surface area contributed by atoms with Crippen molar-refractivity contribution >= 4 is 11.8 Å². The van der Waals surface area contributed by atoms with Crippen molar-refractivity contribution in [1.29, 1.82) is 0 Å². The number of hydrogen-bond acceptors (Lipinski definition) is 2. The summed E-state index contributed by atoms with van der Waals surface area (Å²) in [6.07, 6.45) is 0.166. The molecule has 1 aliphatic heterocycles. The van der Waals surface area contributed by atoms with Gasteiger partial charge in [-0.15, -0.1) is 0 Å². The van der Waals surface area contributed by atoms with Crippen molar-refractivity contribution in [2.24, 2.45) is 0 Å². The van der Waals surface area contributed by atoms with Gasteiger partial charge in [0.1, 0.15) is 0 Å². The first kappa shape index (κ1) is 8.88. The van der Waals surface area contributed by atoms with Crippen LogP contribution < -0.4 is 5.32 Å². The highest BCUT2D eigenvalue weighted by atomic mass is 16.2.